The summed E-state index contributed by atoms with van der Waals surface area (Å²) in [7, 11) is 1.70. The first-order valence-corrected chi connectivity index (χ1v) is 6.00. The third-order valence-corrected chi connectivity index (χ3v) is 3.14. The van der Waals surface area contributed by atoms with Gasteiger partial charge in [0.05, 0.1) is 13.1 Å². The van der Waals surface area contributed by atoms with Crippen molar-refractivity contribution in [2.45, 2.75) is 12.5 Å². The predicted octanol–water partition coefficient (Wildman–Crippen LogP) is 1.26. The maximum Gasteiger partial charge on any atom is 0.176 e. The maximum atomic E-state index is 6.13. The Hall–Kier alpha value is -1.21. The molecule has 0 spiro atoms. The van der Waals surface area contributed by atoms with Crippen LogP contribution in [0, 0.1) is 0 Å². The molecule has 2 rings (SSSR count). The molecule has 1 unspecified atom stereocenters. The Morgan fingerprint density at radius 3 is 2.56 bits per heavy atom. The molecule has 18 heavy (non-hydrogen) atoms. The number of hydrazine groups is 1. The summed E-state index contributed by atoms with van der Waals surface area (Å²) >= 11 is 12.3. The fraction of sp³-hybridized carbons (Fsp3) is 0.300. The molecular weight excluding hydrogens is 275 g/mol. The summed E-state index contributed by atoms with van der Waals surface area (Å²) in [6, 6.07) is 5.03. The number of nitrogens with two attached hydrogens (primary N) is 1. The molecule has 0 bridgehead atoms. The van der Waals surface area contributed by atoms with Gasteiger partial charge in [-0.15, -0.1) is 10.2 Å². The minimum atomic E-state index is -0.268. The van der Waals surface area contributed by atoms with Crippen molar-refractivity contribution in [3.8, 4) is 0 Å². The smallest absolute Gasteiger partial charge is 0.176 e. The Balaban J connectivity index is 2.28. The number of aromatic nitrogens is 4. The number of benzene rings is 1. The van der Waals surface area contributed by atoms with E-state index in [1.807, 2.05) is 0 Å². The lowest BCUT2D eigenvalue weighted by atomic mass is 10.0. The fourth-order valence-corrected chi connectivity index (χ4v) is 2.34. The van der Waals surface area contributed by atoms with Crippen LogP contribution in [0.25, 0.3) is 0 Å². The zero-order chi connectivity index (χ0) is 13.1. The van der Waals surface area contributed by atoms with Crippen molar-refractivity contribution in [2.75, 3.05) is 0 Å². The highest BCUT2D eigenvalue weighted by molar-refractivity contribution is 6.36. The average molecular weight is 287 g/mol. The first-order valence-electron chi connectivity index (χ1n) is 5.24. The topological polar surface area (TPSA) is 81.7 Å². The first-order chi connectivity index (χ1) is 8.61. The molecule has 0 aliphatic rings. The van der Waals surface area contributed by atoms with E-state index in [0.29, 0.717) is 22.3 Å². The van der Waals surface area contributed by atoms with Gasteiger partial charge >= 0.3 is 0 Å². The fourth-order valence-electron chi connectivity index (χ4n) is 1.68. The second kappa shape index (κ2) is 5.62. The van der Waals surface area contributed by atoms with Gasteiger partial charge in [0.2, 0.25) is 0 Å². The molecule has 96 valence electrons. The van der Waals surface area contributed by atoms with Crippen molar-refractivity contribution in [3.63, 3.8) is 0 Å². The van der Waals surface area contributed by atoms with E-state index >= 15 is 0 Å². The van der Waals surface area contributed by atoms with E-state index in [0.717, 1.165) is 5.56 Å². The van der Waals surface area contributed by atoms with Gasteiger partial charge in [0.25, 0.3) is 0 Å². The van der Waals surface area contributed by atoms with E-state index in [-0.39, 0.29) is 6.04 Å². The molecule has 1 atom stereocenters. The molecule has 1 heterocycles. The first kappa shape index (κ1) is 13.2. The molecule has 8 heteroatoms. The van der Waals surface area contributed by atoms with Gasteiger partial charge in [-0.25, -0.2) is 0 Å². The van der Waals surface area contributed by atoms with Crippen molar-refractivity contribution in [1.29, 1.82) is 0 Å². The molecule has 0 fully saturated rings. The summed E-state index contributed by atoms with van der Waals surface area (Å²) in [5.41, 5.74) is 3.40. The Kier molecular flexibility index (Phi) is 4.13. The second-order valence-corrected chi connectivity index (χ2v) is 4.57. The summed E-state index contributed by atoms with van der Waals surface area (Å²) in [6.45, 7) is 0. The van der Waals surface area contributed by atoms with Crippen LogP contribution in [0.15, 0.2) is 18.2 Å². The monoisotopic (exact) mass is 286 g/mol. The molecule has 0 radical (unpaired) electrons. The minimum Gasteiger partial charge on any atom is -0.271 e. The molecule has 1 aromatic carbocycles. The molecule has 0 aliphatic heterocycles. The Morgan fingerprint density at radius 1 is 1.39 bits per heavy atom. The molecule has 0 saturated carbocycles. The normalized spacial score (nSPS) is 12.7. The van der Waals surface area contributed by atoms with E-state index in [4.69, 9.17) is 29.0 Å². The standard InChI is InChI=1S/C10H12Cl2N6/c1-18-16-9(15-17-18)5-8(14-13)10-6(11)3-2-4-7(10)12/h2-4,8,14H,5,13H2,1H3. The lowest BCUT2D eigenvalue weighted by Gasteiger charge is -2.17. The van der Waals surface area contributed by atoms with E-state index in [9.17, 15) is 0 Å². The molecule has 1 aromatic heterocycles. The van der Waals surface area contributed by atoms with Gasteiger partial charge in [0, 0.05) is 22.0 Å². The Morgan fingerprint density at radius 2 is 2.06 bits per heavy atom. The van der Waals surface area contributed by atoms with Gasteiger partial charge < -0.3 is 0 Å². The van der Waals surface area contributed by atoms with Gasteiger partial charge in [0.15, 0.2) is 5.82 Å². The molecular formula is C10H12Cl2N6. The number of aryl methyl sites for hydroxylation is 1. The lowest BCUT2D eigenvalue weighted by molar-refractivity contribution is 0.536. The molecule has 2 aromatic rings. The van der Waals surface area contributed by atoms with Crippen molar-refractivity contribution >= 4 is 23.2 Å². The maximum absolute atomic E-state index is 6.13. The number of nitrogens with one attached hydrogen (secondary N) is 1. The van der Waals surface area contributed by atoms with Crippen LogP contribution < -0.4 is 11.3 Å². The molecule has 0 aliphatic carbocycles. The summed E-state index contributed by atoms with van der Waals surface area (Å²) in [4.78, 5) is 1.39. The van der Waals surface area contributed by atoms with Crippen LogP contribution >= 0.6 is 23.2 Å². The number of tetrazole rings is 1. The highest BCUT2D eigenvalue weighted by atomic mass is 35.5. The summed E-state index contributed by atoms with van der Waals surface area (Å²) in [5, 5.41) is 12.9. The van der Waals surface area contributed by atoms with Crippen LogP contribution in [0.3, 0.4) is 0 Å². The minimum absolute atomic E-state index is 0.268. The van der Waals surface area contributed by atoms with Crippen molar-refractivity contribution in [1.82, 2.24) is 25.6 Å². The van der Waals surface area contributed by atoms with Crippen LogP contribution in [0.5, 0.6) is 0 Å². The van der Waals surface area contributed by atoms with Gasteiger partial charge in [-0.2, -0.15) is 4.80 Å². The lowest BCUT2D eigenvalue weighted by Crippen LogP contribution is -2.30. The number of hydrogen-bond donors (Lipinski definition) is 2. The van der Waals surface area contributed by atoms with E-state index in [2.05, 4.69) is 20.8 Å². The third kappa shape index (κ3) is 2.78. The summed E-state index contributed by atoms with van der Waals surface area (Å²) in [5.74, 6) is 6.11. The zero-order valence-corrected chi connectivity index (χ0v) is 11.2. The van der Waals surface area contributed by atoms with Gasteiger partial charge in [0.1, 0.15) is 0 Å². The van der Waals surface area contributed by atoms with E-state index in [1.54, 1.807) is 25.2 Å². The van der Waals surface area contributed by atoms with Crippen LogP contribution in [0.1, 0.15) is 17.4 Å². The van der Waals surface area contributed by atoms with Gasteiger partial charge in [-0.3, -0.25) is 11.3 Å². The Labute approximate surface area is 114 Å². The number of rotatable bonds is 4. The largest absolute Gasteiger partial charge is 0.271 e. The van der Waals surface area contributed by atoms with Gasteiger partial charge in [-0.05, 0) is 17.3 Å². The van der Waals surface area contributed by atoms with Crippen molar-refractivity contribution in [2.24, 2.45) is 12.9 Å². The number of hydrogen-bond acceptors (Lipinski definition) is 5. The number of nitrogens with zero attached hydrogens (tertiary/aromatic N) is 4. The summed E-state index contributed by atoms with van der Waals surface area (Å²) in [6.07, 6.45) is 0.452. The van der Waals surface area contributed by atoms with Crippen LogP contribution in [0.4, 0.5) is 0 Å². The van der Waals surface area contributed by atoms with Crippen LogP contribution in [0.2, 0.25) is 10.0 Å². The van der Waals surface area contributed by atoms with Gasteiger partial charge in [-0.1, -0.05) is 29.3 Å². The highest BCUT2D eigenvalue weighted by Gasteiger charge is 2.19. The van der Waals surface area contributed by atoms with Crippen LogP contribution in [-0.4, -0.2) is 20.2 Å². The molecule has 3 N–H and O–H groups in total. The molecule has 6 nitrogen and oxygen atoms in total. The highest BCUT2D eigenvalue weighted by Crippen LogP contribution is 2.31. The zero-order valence-electron chi connectivity index (χ0n) is 9.64. The SMILES string of the molecule is Cn1nnc(CC(NN)c2c(Cl)cccc2Cl)n1. The summed E-state index contributed by atoms with van der Waals surface area (Å²) < 4.78 is 0. The Bertz CT molecular complexity index is 521. The van der Waals surface area contributed by atoms with Crippen molar-refractivity contribution in [3.05, 3.63) is 39.6 Å². The quantitative estimate of drug-likeness (QED) is 0.653. The average Bonchev–Trinajstić information content (AvgIpc) is 2.73. The predicted molar refractivity (Wildman–Crippen MR) is 69.0 cm³/mol. The number of halogens is 2. The van der Waals surface area contributed by atoms with Crippen molar-refractivity contribution < 1.29 is 0 Å². The second-order valence-electron chi connectivity index (χ2n) is 3.75. The van der Waals surface area contributed by atoms with E-state index < -0.39 is 0 Å². The third-order valence-electron chi connectivity index (χ3n) is 2.49. The molecule has 0 saturated heterocycles. The van der Waals surface area contributed by atoms with E-state index in [1.165, 1.54) is 4.80 Å². The molecule has 0 amide bonds. The van der Waals surface area contributed by atoms with Crippen LogP contribution in [-0.2, 0) is 13.5 Å².